The topological polar surface area (TPSA) is 79.8 Å². The molecule has 0 aliphatic rings. The van der Waals surface area contributed by atoms with Crippen LogP contribution in [0.4, 0.5) is 24.8 Å². The van der Waals surface area contributed by atoms with Crippen molar-refractivity contribution in [3.63, 3.8) is 0 Å². The summed E-state index contributed by atoms with van der Waals surface area (Å²) in [5.74, 6) is -0.295. The molecule has 6 nitrogen and oxygen atoms in total. The molecule has 0 atom stereocenters. The molecule has 2 aromatic heterocycles. The van der Waals surface area contributed by atoms with Gasteiger partial charge in [-0.2, -0.15) is 13.2 Å². The molecule has 0 aliphatic carbocycles. The minimum Gasteiger partial charge on any atom is -0.350 e. The fourth-order valence-corrected chi connectivity index (χ4v) is 2.19. The number of pyridine rings is 1. The molecule has 2 heterocycles. The minimum atomic E-state index is -4.43. The van der Waals surface area contributed by atoms with Crippen molar-refractivity contribution < 1.29 is 18.0 Å². The second-order valence-electron chi connectivity index (χ2n) is 5.50. The van der Waals surface area contributed by atoms with E-state index in [2.05, 4.69) is 25.6 Å². The molecule has 0 saturated carbocycles. The van der Waals surface area contributed by atoms with Gasteiger partial charge in [0.15, 0.2) is 0 Å². The predicted molar refractivity (Wildman–Crippen MR) is 93.0 cm³/mol. The van der Waals surface area contributed by atoms with Crippen LogP contribution in [0.5, 0.6) is 0 Å². The van der Waals surface area contributed by atoms with Gasteiger partial charge in [-0.1, -0.05) is 0 Å². The van der Waals surface area contributed by atoms with E-state index in [4.69, 9.17) is 0 Å². The Morgan fingerprint density at radius 1 is 0.963 bits per heavy atom. The van der Waals surface area contributed by atoms with E-state index in [1.165, 1.54) is 24.4 Å². The van der Waals surface area contributed by atoms with E-state index in [0.717, 1.165) is 17.7 Å². The van der Waals surface area contributed by atoms with Gasteiger partial charge in [-0.05, 0) is 48.0 Å². The average molecular weight is 373 g/mol. The highest BCUT2D eigenvalue weighted by Crippen LogP contribution is 2.29. The largest absolute Gasteiger partial charge is 0.416 e. The van der Waals surface area contributed by atoms with E-state index in [0.29, 0.717) is 6.54 Å². The van der Waals surface area contributed by atoms with Gasteiger partial charge in [0.05, 0.1) is 5.56 Å². The molecule has 0 radical (unpaired) electrons. The number of nitrogens with one attached hydrogen (secondary N) is 2. The Kier molecular flexibility index (Phi) is 5.30. The summed E-state index contributed by atoms with van der Waals surface area (Å²) in [4.78, 5) is 24.3. The highest BCUT2D eigenvalue weighted by Gasteiger charge is 2.30. The van der Waals surface area contributed by atoms with E-state index in [1.54, 1.807) is 12.4 Å². The summed E-state index contributed by atoms with van der Waals surface area (Å²) in [6, 6.07) is 9.24. The standard InChI is InChI=1S/C18H14F3N5O/c19-18(20,21)13-1-3-14(4-2-13)25-16(27)15-7-10-23-17(26-15)24-11-12-5-8-22-9-6-12/h1-10H,11H2,(H,25,27)(H,23,24,26). The van der Waals surface area contributed by atoms with Crippen LogP contribution < -0.4 is 10.6 Å². The molecule has 27 heavy (non-hydrogen) atoms. The molecule has 9 heteroatoms. The molecule has 3 aromatic rings. The van der Waals surface area contributed by atoms with Crippen molar-refractivity contribution in [2.24, 2.45) is 0 Å². The monoisotopic (exact) mass is 373 g/mol. The summed E-state index contributed by atoms with van der Waals surface area (Å²) >= 11 is 0. The molecule has 0 fully saturated rings. The summed E-state index contributed by atoms with van der Waals surface area (Å²) in [6.07, 6.45) is 0.311. The number of amides is 1. The number of carbonyl (C=O) groups excluding carboxylic acids is 1. The lowest BCUT2D eigenvalue weighted by atomic mass is 10.2. The van der Waals surface area contributed by atoms with E-state index in [-0.39, 0.29) is 17.3 Å². The second kappa shape index (κ2) is 7.81. The molecule has 138 valence electrons. The first kappa shape index (κ1) is 18.3. The zero-order chi connectivity index (χ0) is 19.3. The van der Waals surface area contributed by atoms with Gasteiger partial charge < -0.3 is 10.6 Å². The van der Waals surface area contributed by atoms with Gasteiger partial charge >= 0.3 is 6.18 Å². The molecule has 0 spiro atoms. The number of hydrogen-bond donors (Lipinski definition) is 2. The molecule has 0 unspecified atom stereocenters. The number of nitrogens with zero attached hydrogens (tertiary/aromatic N) is 3. The molecular weight excluding hydrogens is 359 g/mol. The summed E-state index contributed by atoms with van der Waals surface area (Å²) in [7, 11) is 0. The Bertz CT molecular complexity index is 914. The third kappa shape index (κ3) is 5.00. The summed E-state index contributed by atoms with van der Waals surface area (Å²) < 4.78 is 37.7. The van der Waals surface area contributed by atoms with Crippen LogP contribution in [-0.2, 0) is 12.7 Å². The number of hydrogen-bond acceptors (Lipinski definition) is 5. The molecule has 3 rings (SSSR count). The lowest BCUT2D eigenvalue weighted by Crippen LogP contribution is -2.15. The van der Waals surface area contributed by atoms with Crippen molar-refractivity contribution in [2.75, 3.05) is 10.6 Å². The molecule has 0 bridgehead atoms. The Balaban J connectivity index is 1.64. The summed E-state index contributed by atoms with van der Waals surface area (Å²) in [5, 5.41) is 5.49. The van der Waals surface area contributed by atoms with Gasteiger partial charge in [-0.3, -0.25) is 9.78 Å². The van der Waals surface area contributed by atoms with Crippen LogP contribution in [0.2, 0.25) is 0 Å². The molecular formula is C18H14F3N5O. The first-order valence-corrected chi connectivity index (χ1v) is 7.86. The molecule has 0 saturated heterocycles. The van der Waals surface area contributed by atoms with Gasteiger partial charge in [0.2, 0.25) is 5.95 Å². The summed E-state index contributed by atoms with van der Waals surface area (Å²) in [6.45, 7) is 0.451. The highest BCUT2D eigenvalue weighted by molar-refractivity contribution is 6.02. The molecule has 0 aliphatic heterocycles. The van der Waals surface area contributed by atoms with Gasteiger partial charge in [-0.15, -0.1) is 0 Å². The minimum absolute atomic E-state index is 0.0853. The summed E-state index contributed by atoms with van der Waals surface area (Å²) in [5.41, 5.74) is 0.498. The van der Waals surface area contributed by atoms with Crippen LogP contribution in [0.3, 0.4) is 0 Å². The fraction of sp³-hybridized carbons (Fsp3) is 0.111. The van der Waals surface area contributed by atoms with Crippen molar-refractivity contribution in [3.8, 4) is 0 Å². The second-order valence-corrected chi connectivity index (χ2v) is 5.50. The van der Waals surface area contributed by atoms with Gasteiger partial charge in [0, 0.05) is 30.8 Å². The van der Waals surface area contributed by atoms with E-state index in [9.17, 15) is 18.0 Å². The highest BCUT2D eigenvalue weighted by atomic mass is 19.4. The maximum Gasteiger partial charge on any atom is 0.416 e. The normalized spacial score (nSPS) is 11.1. The van der Waals surface area contributed by atoms with Gasteiger partial charge in [-0.25, -0.2) is 9.97 Å². The van der Waals surface area contributed by atoms with Crippen LogP contribution >= 0.6 is 0 Å². The number of benzene rings is 1. The van der Waals surface area contributed by atoms with Gasteiger partial charge in [0.1, 0.15) is 5.69 Å². The average Bonchev–Trinajstić information content (AvgIpc) is 2.67. The SMILES string of the molecule is O=C(Nc1ccc(C(F)(F)F)cc1)c1ccnc(NCc2ccncc2)n1. The van der Waals surface area contributed by atoms with Crippen LogP contribution in [0, 0.1) is 0 Å². The Hall–Kier alpha value is -3.49. The van der Waals surface area contributed by atoms with Crippen molar-refractivity contribution >= 4 is 17.5 Å². The van der Waals surface area contributed by atoms with Crippen molar-refractivity contribution in [2.45, 2.75) is 12.7 Å². The van der Waals surface area contributed by atoms with E-state index in [1.807, 2.05) is 12.1 Å². The van der Waals surface area contributed by atoms with E-state index < -0.39 is 17.6 Å². The first-order valence-electron chi connectivity index (χ1n) is 7.86. The molecule has 2 N–H and O–H groups in total. The van der Waals surface area contributed by atoms with Crippen molar-refractivity contribution in [1.82, 2.24) is 15.0 Å². The van der Waals surface area contributed by atoms with Crippen LogP contribution in [0.1, 0.15) is 21.6 Å². The fourth-order valence-electron chi connectivity index (χ4n) is 2.19. The van der Waals surface area contributed by atoms with Gasteiger partial charge in [0.25, 0.3) is 5.91 Å². The zero-order valence-electron chi connectivity index (χ0n) is 13.9. The Labute approximate surface area is 152 Å². The van der Waals surface area contributed by atoms with Crippen molar-refractivity contribution in [1.29, 1.82) is 0 Å². The zero-order valence-corrected chi connectivity index (χ0v) is 13.9. The maximum atomic E-state index is 12.6. The predicted octanol–water partition coefficient (Wildman–Crippen LogP) is 3.75. The Morgan fingerprint density at radius 2 is 1.67 bits per heavy atom. The van der Waals surface area contributed by atoms with Crippen LogP contribution in [-0.4, -0.2) is 20.9 Å². The number of halogens is 3. The van der Waals surface area contributed by atoms with Crippen molar-refractivity contribution in [3.05, 3.63) is 77.9 Å². The lowest BCUT2D eigenvalue weighted by Gasteiger charge is -2.09. The number of rotatable bonds is 5. The Morgan fingerprint density at radius 3 is 2.33 bits per heavy atom. The number of alkyl halides is 3. The third-order valence-electron chi connectivity index (χ3n) is 3.56. The molecule has 1 aromatic carbocycles. The van der Waals surface area contributed by atoms with Crippen LogP contribution in [0.25, 0.3) is 0 Å². The van der Waals surface area contributed by atoms with E-state index >= 15 is 0 Å². The maximum absolute atomic E-state index is 12.6. The quantitative estimate of drug-likeness (QED) is 0.712. The smallest absolute Gasteiger partial charge is 0.350 e. The number of anilines is 2. The van der Waals surface area contributed by atoms with Crippen LogP contribution in [0.15, 0.2) is 61.1 Å². The third-order valence-corrected chi connectivity index (χ3v) is 3.56. The number of aromatic nitrogens is 3. The first-order chi connectivity index (χ1) is 12.9. The lowest BCUT2D eigenvalue weighted by molar-refractivity contribution is -0.137. The molecule has 1 amide bonds. The number of carbonyl (C=O) groups is 1.